The highest BCUT2D eigenvalue weighted by atomic mass is 16.5. The molecule has 1 heterocycles. The molecule has 0 unspecified atom stereocenters. The smallest absolute Gasteiger partial charge is 0.257 e. The van der Waals surface area contributed by atoms with Crippen LogP contribution in [0, 0.1) is 0 Å². The van der Waals surface area contributed by atoms with Gasteiger partial charge in [-0.2, -0.15) is 0 Å². The number of para-hydroxylation sites is 1. The Hall–Kier alpha value is -1.59. The van der Waals surface area contributed by atoms with Crippen LogP contribution in [0.2, 0.25) is 0 Å². The molecule has 0 radical (unpaired) electrons. The summed E-state index contributed by atoms with van der Waals surface area (Å²) in [6, 6.07) is 6.90. The van der Waals surface area contributed by atoms with E-state index in [0.29, 0.717) is 11.3 Å². The summed E-state index contributed by atoms with van der Waals surface area (Å²) in [4.78, 5) is 13.6. The molecular weight excluding hydrogens is 222 g/mol. The minimum absolute atomic E-state index is 0.151. The topological polar surface area (TPSA) is 70.0 Å². The number of aliphatic hydroxyl groups is 2. The Balaban J connectivity index is 2.20. The van der Waals surface area contributed by atoms with Crippen molar-refractivity contribution in [1.29, 1.82) is 0 Å². The van der Waals surface area contributed by atoms with Crippen LogP contribution < -0.4 is 4.74 Å². The quantitative estimate of drug-likeness (QED) is 0.752. The SMILES string of the molecule is COc1ccccc1C(=O)N1C[C@@H](O)[C@@H](O)C1. The van der Waals surface area contributed by atoms with Gasteiger partial charge in [-0.15, -0.1) is 0 Å². The molecule has 0 saturated carbocycles. The van der Waals surface area contributed by atoms with Gasteiger partial charge >= 0.3 is 0 Å². The van der Waals surface area contributed by atoms with Gasteiger partial charge in [0.1, 0.15) is 5.75 Å². The number of rotatable bonds is 2. The van der Waals surface area contributed by atoms with Gasteiger partial charge in [0.15, 0.2) is 0 Å². The van der Waals surface area contributed by atoms with E-state index < -0.39 is 12.2 Å². The fourth-order valence-electron chi connectivity index (χ4n) is 1.93. The second-order valence-electron chi connectivity index (χ2n) is 4.05. The van der Waals surface area contributed by atoms with Crippen molar-refractivity contribution in [2.45, 2.75) is 12.2 Å². The van der Waals surface area contributed by atoms with E-state index in [4.69, 9.17) is 4.74 Å². The van der Waals surface area contributed by atoms with Crippen molar-refractivity contribution < 1.29 is 19.7 Å². The molecule has 1 aliphatic heterocycles. The van der Waals surface area contributed by atoms with E-state index in [-0.39, 0.29) is 19.0 Å². The lowest BCUT2D eigenvalue weighted by Crippen LogP contribution is -2.30. The van der Waals surface area contributed by atoms with Gasteiger partial charge < -0.3 is 19.8 Å². The number of carbonyl (C=O) groups excluding carboxylic acids is 1. The lowest BCUT2D eigenvalue weighted by atomic mass is 10.2. The minimum atomic E-state index is -0.867. The normalized spacial score (nSPS) is 23.8. The molecule has 0 aromatic heterocycles. The zero-order valence-corrected chi connectivity index (χ0v) is 9.54. The number of carbonyl (C=O) groups is 1. The highest BCUT2D eigenvalue weighted by molar-refractivity contribution is 5.97. The number of ether oxygens (including phenoxy) is 1. The van der Waals surface area contributed by atoms with Crippen molar-refractivity contribution >= 4 is 5.91 Å². The molecule has 5 heteroatoms. The third-order valence-corrected chi connectivity index (χ3v) is 2.88. The van der Waals surface area contributed by atoms with E-state index in [1.807, 2.05) is 0 Å². The molecule has 0 aliphatic carbocycles. The van der Waals surface area contributed by atoms with E-state index in [1.165, 1.54) is 12.0 Å². The number of nitrogens with zero attached hydrogens (tertiary/aromatic N) is 1. The maximum Gasteiger partial charge on any atom is 0.257 e. The van der Waals surface area contributed by atoms with E-state index in [2.05, 4.69) is 0 Å². The first-order valence-electron chi connectivity index (χ1n) is 5.42. The summed E-state index contributed by atoms with van der Waals surface area (Å²) < 4.78 is 5.11. The first-order chi connectivity index (χ1) is 8.13. The molecule has 2 N–H and O–H groups in total. The van der Waals surface area contributed by atoms with E-state index >= 15 is 0 Å². The van der Waals surface area contributed by atoms with Gasteiger partial charge in [-0.25, -0.2) is 0 Å². The molecule has 1 aromatic rings. The number of methoxy groups -OCH3 is 1. The summed E-state index contributed by atoms with van der Waals surface area (Å²) >= 11 is 0. The lowest BCUT2D eigenvalue weighted by Gasteiger charge is -2.16. The Labute approximate surface area is 99.2 Å². The second-order valence-corrected chi connectivity index (χ2v) is 4.05. The molecular formula is C12H15NO4. The minimum Gasteiger partial charge on any atom is -0.496 e. The van der Waals surface area contributed by atoms with Gasteiger partial charge in [0.2, 0.25) is 0 Å². The molecule has 0 bridgehead atoms. The van der Waals surface area contributed by atoms with Gasteiger partial charge in [-0.05, 0) is 12.1 Å². The standard InChI is InChI=1S/C12H15NO4/c1-17-11-5-3-2-4-8(11)12(16)13-6-9(14)10(15)7-13/h2-5,9-10,14-15H,6-7H2,1H3/t9-,10+. The van der Waals surface area contributed by atoms with Crippen LogP contribution in [-0.2, 0) is 0 Å². The maximum atomic E-state index is 12.1. The second kappa shape index (κ2) is 4.73. The number of likely N-dealkylation sites (tertiary alicyclic amines) is 1. The summed E-state index contributed by atoms with van der Waals surface area (Å²) in [5.74, 6) is 0.256. The van der Waals surface area contributed by atoms with Crippen molar-refractivity contribution in [3.63, 3.8) is 0 Å². The lowest BCUT2D eigenvalue weighted by molar-refractivity contribution is 0.0572. The number of amides is 1. The Morgan fingerprint density at radius 1 is 1.29 bits per heavy atom. The van der Waals surface area contributed by atoms with Gasteiger partial charge in [-0.1, -0.05) is 12.1 Å². The molecule has 2 rings (SSSR count). The average Bonchev–Trinajstić information content (AvgIpc) is 2.68. The Kier molecular flexibility index (Phi) is 3.31. The van der Waals surface area contributed by atoms with Crippen LogP contribution in [0.3, 0.4) is 0 Å². The fraction of sp³-hybridized carbons (Fsp3) is 0.417. The van der Waals surface area contributed by atoms with Crippen LogP contribution in [0.1, 0.15) is 10.4 Å². The zero-order valence-electron chi connectivity index (χ0n) is 9.54. The van der Waals surface area contributed by atoms with E-state index in [0.717, 1.165) is 0 Å². The summed E-state index contributed by atoms with van der Waals surface area (Å²) in [5.41, 5.74) is 0.441. The van der Waals surface area contributed by atoms with Crippen LogP contribution in [0.5, 0.6) is 5.75 Å². The molecule has 1 aliphatic rings. The number of aliphatic hydroxyl groups excluding tert-OH is 2. The van der Waals surface area contributed by atoms with Gasteiger partial charge in [0, 0.05) is 13.1 Å². The zero-order chi connectivity index (χ0) is 12.4. The monoisotopic (exact) mass is 237 g/mol. The Morgan fingerprint density at radius 2 is 1.88 bits per heavy atom. The molecule has 17 heavy (non-hydrogen) atoms. The Morgan fingerprint density at radius 3 is 2.47 bits per heavy atom. The average molecular weight is 237 g/mol. The van der Waals surface area contributed by atoms with Crippen molar-refractivity contribution in [2.24, 2.45) is 0 Å². The van der Waals surface area contributed by atoms with Gasteiger partial charge in [-0.3, -0.25) is 4.79 Å². The molecule has 0 spiro atoms. The molecule has 92 valence electrons. The molecule has 1 aromatic carbocycles. The van der Waals surface area contributed by atoms with Crippen molar-refractivity contribution in [1.82, 2.24) is 4.90 Å². The molecule has 1 saturated heterocycles. The first kappa shape index (κ1) is 11.9. The van der Waals surface area contributed by atoms with Crippen LogP contribution >= 0.6 is 0 Å². The third-order valence-electron chi connectivity index (χ3n) is 2.88. The molecule has 1 fully saturated rings. The summed E-state index contributed by atoms with van der Waals surface area (Å²) in [7, 11) is 1.50. The number of benzene rings is 1. The van der Waals surface area contributed by atoms with Crippen molar-refractivity contribution in [3.8, 4) is 5.75 Å². The van der Waals surface area contributed by atoms with Crippen LogP contribution in [-0.4, -0.2) is 53.4 Å². The van der Waals surface area contributed by atoms with Gasteiger partial charge in [0.05, 0.1) is 24.9 Å². The summed E-state index contributed by atoms with van der Waals surface area (Å²) in [5, 5.41) is 18.8. The molecule has 5 nitrogen and oxygen atoms in total. The highest BCUT2D eigenvalue weighted by Gasteiger charge is 2.33. The molecule has 2 atom stereocenters. The van der Waals surface area contributed by atoms with Crippen LogP contribution in [0.15, 0.2) is 24.3 Å². The largest absolute Gasteiger partial charge is 0.496 e. The third kappa shape index (κ3) is 2.25. The van der Waals surface area contributed by atoms with E-state index in [1.54, 1.807) is 24.3 Å². The summed E-state index contributed by atoms with van der Waals surface area (Å²) in [6.07, 6.45) is -1.73. The summed E-state index contributed by atoms with van der Waals surface area (Å²) in [6.45, 7) is 0.302. The van der Waals surface area contributed by atoms with Gasteiger partial charge in [0.25, 0.3) is 5.91 Å². The van der Waals surface area contributed by atoms with Crippen molar-refractivity contribution in [3.05, 3.63) is 29.8 Å². The Bertz CT molecular complexity index is 411. The number of hydrogen-bond acceptors (Lipinski definition) is 4. The van der Waals surface area contributed by atoms with E-state index in [9.17, 15) is 15.0 Å². The van der Waals surface area contributed by atoms with Crippen LogP contribution in [0.4, 0.5) is 0 Å². The number of hydrogen-bond donors (Lipinski definition) is 2. The maximum absolute atomic E-state index is 12.1. The predicted octanol–water partition coefficient (Wildman–Crippen LogP) is -0.127. The number of β-amino-alcohol motifs (C(OH)–C–C–N with tert-alkyl or cyclic N) is 2. The highest BCUT2D eigenvalue weighted by Crippen LogP contribution is 2.21. The molecule has 1 amide bonds. The van der Waals surface area contributed by atoms with Crippen LogP contribution in [0.25, 0.3) is 0 Å². The fourth-order valence-corrected chi connectivity index (χ4v) is 1.93. The van der Waals surface area contributed by atoms with Crippen molar-refractivity contribution in [2.75, 3.05) is 20.2 Å². The predicted molar refractivity (Wildman–Crippen MR) is 60.9 cm³/mol. The first-order valence-corrected chi connectivity index (χ1v) is 5.42.